The molecule has 0 spiro atoms. The second kappa shape index (κ2) is 9.84. The van der Waals surface area contributed by atoms with E-state index in [1.807, 2.05) is 24.3 Å². The zero-order valence-corrected chi connectivity index (χ0v) is 24.0. The number of anilines is 2. The van der Waals surface area contributed by atoms with E-state index in [0.717, 1.165) is 20.9 Å². The largest absolute Gasteiger partial charge is 0.478 e. The number of imide groups is 2. The molecule has 2 aliphatic heterocycles. The second-order valence-electron chi connectivity index (χ2n) is 10.9. The van der Waals surface area contributed by atoms with E-state index in [1.165, 1.54) is 36.4 Å². The van der Waals surface area contributed by atoms with Crippen LogP contribution in [0.4, 0.5) is 11.4 Å². The number of hydrogen-bond acceptors (Lipinski definition) is 6. The van der Waals surface area contributed by atoms with Gasteiger partial charge in [0, 0.05) is 0 Å². The Morgan fingerprint density at radius 1 is 0.477 bits per heavy atom. The summed E-state index contributed by atoms with van der Waals surface area (Å²) in [6.07, 6.45) is 0. The number of fused-ring (bicyclic) bond motifs is 2. The fourth-order valence-electron chi connectivity index (χ4n) is 6.10. The molecule has 2 N–H and O–H groups in total. The molecule has 2 aliphatic rings. The van der Waals surface area contributed by atoms with Gasteiger partial charge in [-0.15, -0.1) is 0 Å². The summed E-state index contributed by atoms with van der Waals surface area (Å²) in [6, 6.07) is 15.0. The third-order valence-corrected chi connectivity index (χ3v) is 8.03. The first-order valence-electron chi connectivity index (χ1n) is 13.5. The molecule has 0 atom stereocenters. The molecule has 4 aromatic carbocycles. The van der Waals surface area contributed by atoms with Gasteiger partial charge in [-0.05, 0) is 122 Å². The lowest BCUT2D eigenvalue weighted by atomic mass is 9.94. The quantitative estimate of drug-likeness (QED) is 0.287. The highest BCUT2D eigenvalue weighted by atomic mass is 16.4. The van der Waals surface area contributed by atoms with E-state index < -0.39 is 35.6 Å². The van der Waals surface area contributed by atoms with Crippen molar-refractivity contribution >= 4 is 46.9 Å². The number of nitrogens with zero attached hydrogens (tertiary/aromatic N) is 2. The van der Waals surface area contributed by atoms with Crippen molar-refractivity contribution in [2.45, 2.75) is 27.7 Å². The standard InChI is InChI=1S/C34H24N2O8/c1-15-9-21(10-16(2)27(15)35-29(37)23-7-5-19(33(41)42)13-25(23)31(35)39)22-11-17(3)28(18(4)12-22)36-30(38)24-8-6-20(34(43)44)14-26(24)32(36)40/h5-14H,1-4H3,(H,41,42)(H,43,44). The monoisotopic (exact) mass is 588 g/mol. The molecule has 0 unspecified atom stereocenters. The highest BCUT2D eigenvalue weighted by Crippen LogP contribution is 2.39. The Morgan fingerprint density at radius 3 is 1.07 bits per heavy atom. The molecular formula is C34H24N2O8. The maximum absolute atomic E-state index is 13.3. The van der Waals surface area contributed by atoms with Crippen LogP contribution in [0.15, 0.2) is 60.7 Å². The molecule has 4 aromatic rings. The van der Waals surface area contributed by atoms with E-state index in [9.17, 15) is 39.0 Å². The van der Waals surface area contributed by atoms with Gasteiger partial charge >= 0.3 is 11.9 Å². The number of carbonyl (C=O) groups excluding carboxylic acids is 4. The van der Waals surface area contributed by atoms with Crippen LogP contribution in [-0.4, -0.2) is 45.8 Å². The van der Waals surface area contributed by atoms with Crippen LogP contribution in [0, 0.1) is 27.7 Å². The van der Waals surface area contributed by atoms with E-state index >= 15 is 0 Å². The van der Waals surface area contributed by atoms with Crippen LogP contribution in [0.5, 0.6) is 0 Å². The highest BCUT2D eigenvalue weighted by molar-refractivity contribution is 6.36. The second-order valence-corrected chi connectivity index (χ2v) is 10.9. The number of carbonyl (C=O) groups is 6. The van der Waals surface area contributed by atoms with Crippen LogP contribution < -0.4 is 9.80 Å². The third kappa shape index (κ3) is 4.10. The summed E-state index contributed by atoms with van der Waals surface area (Å²) in [5, 5.41) is 18.7. The van der Waals surface area contributed by atoms with Crippen LogP contribution in [-0.2, 0) is 0 Å². The molecule has 6 rings (SSSR count). The lowest BCUT2D eigenvalue weighted by Crippen LogP contribution is -2.31. The van der Waals surface area contributed by atoms with Gasteiger partial charge in [0.05, 0.1) is 44.8 Å². The van der Waals surface area contributed by atoms with Gasteiger partial charge in [0.25, 0.3) is 23.6 Å². The maximum Gasteiger partial charge on any atom is 0.335 e. The number of hydrogen-bond donors (Lipinski definition) is 2. The first-order chi connectivity index (χ1) is 20.8. The fraction of sp³-hybridized carbons (Fsp3) is 0.118. The van der Waals surface area contributed by atoms with Gasteiger partial charge in [0.15, 0.2) is 0 Å². The van der Waals surface area contributed by atoms with Gasteiger partial charge in [-0.2, -0.15) is 0 Å². The van der Waals surface area contributed by atoms with Crippen LogP contribution in [0.25, 0.3) is 11.1 Å². The number of benzene rings is 4. The minimum atomic E-state index is -1.20. The molecule has 0 aromatic heterocycles. The molecule has 0 aliphatic carbocycles. The number of aromatic carboxylic acids is 2. The summed E-state index contributed by atoms with van der Waals surface area (Å²) in [6.45, 7) is 7.10. The van der Waals surface area contributed by atoms with Crippen molar-refractivity contribution in [2.24, 2.45) is 0 Å². The zero-order valence-electron chi connectivity index (χ0n) is 24.0. The Kier molecular flexibility index (Phi) is 6.31. The van der Waals surface area contributed by atoms with Gasteiger partial charge < -0.3 is 10.2 Å². The lowest BCUT2D eigenvalue weighted by molar-refractivity contribution is 0.0686. The van der Waals surface area contributed by atoms with Crippen molar-refractivity contribution in [1.29, 1.82) is 0 Å². The van der Waals surface area contributed by atoms with Gasteiger partial charge in [-0.3, -0.25) is 19.2 Å². The zero-order chi connectivity index (χ0) is 31.8. The Hall–Kier alpha value is -5.90. The van der Waals surface area contributed by atoms with Crippen molar-refractivity contribution in [3.8, 4) is 11.1 Å². The van der Waals surface area contributed by atoms with E-state index in [4.69, 9.17) is 0 Å². The average molecular weight is 589 g/mol. The number of rotatable bonds is 5. The fourth-order valence-corrected chi connectivity index (χ4v) is 6.10. The maximum atomic E-state index is 13.3. The van der Waals surface area contributed by atoms with Crippen molar-refractivity contribution in [3.63, 3.8) is 0 Å². The highest BCUT2D eigenvalue weighted by Gasteiger charge is 2.40. The van der Waals surface area contributed by atoms with Gasteiger partial charge in [-0.25, -0.2) is 19.4 Å². The SMILES string of the molecule is Cc1cc(-c2cc(C)c(N3C(=O)c4ccc(C(=O)O)cc4C3=O)c(C)c2)cc(C)c1N1C(=O)c2ccc(C(=O)O)cc2C1=O. The summed E-state index contributed by atoms with van der Waals surface area (Å²) < 4.78 is 0. The van der Waals surface area contributed by atoms with E-state index in [-0.39, 0.29) is 33.4 Å². The number of carboxylic acids is 2. The van der Waals surface area contributed by atoms with Crippen molar-refractivity contribution in [1.82, 2.24) is 0 Å². The molecule has 44 heavy (non-hydrogen) atoms. The minimum Gasteiger partial charge on any atom is -0.478 e. The lowest BCUT2D eigenvalue weighted by Gasteiger charge is -2.22. The topological polar surface area (TPSA) is 149 Å². The van der Waals surface area contributed by atoms with Crippen LogP contribution in [0.1, 0.15) is 84.4 Å². The number of aryl methyl sites for hydroxylation is 4. The molecule has 10 nitrogen and oxygen atoms in total. The molecule has 0 saturated carbocycles. The molecular weight excluding hydrogens is 564 g/mol. The first-order valence-corrected chi connectivity index (χ1v) is 13.5. The summed E-state index contributed by atoms with van der Waals surface area (Å²) >= 11 is 0. The summed E-state index contributed by atoms with van der Waals surface area (Å²) in [4.78, 5) is 78.1. The minimum absolute atomic E-state index is 0.0342. The van der Waals surface area contributed by atoms with Crippen molar-refractivity contribution in [2.75, 3.05) is 9.80 Å². The Labute approximate surface area is 250 Å². The molecule has 2 heterocycles. The third-order valence-electron chi connectivity index (χ3n) is 8.03. The van der Waals surface area contributed by atoms with E-state index in [0.29, 0.717) is 33.6 Å². The molecule has 0 saturated heterocycles. The normalized spacial score (nSPS) is 13.9. The van der Waals surface area contributed by atoms with Crippen LogP contribution in [0.2, 0.25) is 0 Å². The van der Waals surface area contributed by atoms with Crippen LogP contribution in [0.3, 0.4) is 0 Å². The number of amides is 4. The first kappa shape index (κ1) is 28.2. The van der Waals surface area contributed by atoms with Crippen molar-refractivity contribution in [3.05, 3.63) is 116 Å². The molecule has 4 amide bonds. The molecule has 0 fully saturated rings. The molecule has 10 heteroatoms. The van der Waals surface area contributed by atoms with Gasteiger partial charge in [0.2, 0.25) is 0 Å². The number of carboxylic acid groups (broad SMARTS) is 2. The predicted octanol–water partition coefficient (Wildman–Crippen LogP) is 5.58. The summed E-state index contributed by atoms with van der Waals surface area (Å²) in [5.74, 6) is -4.66. The van der Waals surface area contributed by atoms with Crippen LogP contribution >= 0.6 is 0 Å². The summed E-state index contributed by atoms with van der Waals surface area (Å²) in [7, 11) is 0. The van der Waals surface area contributed by atoms with E-state index in [1.54, 1.807) is 27.7 Å². The Bertz CT molecular complexity index is 1870. The predicted molar refractivity (Wildman–Crippen MR) is 160 cm³/mol. The van der Waals surface area contributed by atoms with Gasteiger partial charge in [0.1, 0.15) is 0 Å². The Morgan fingerprint density at radius 2 is 0.773 bits per heavy atom. The van der Waals surface area contributed by atoms with Gasteiger partial charge in [-0.1, -0.05) is 0 Å². The Balaban J connectivity index is 1.36. The molecule has 0 radical (unpaired) electrons. The smallest absolute Gasteiger partial charge is 0.335 e. The van der Waals surface area contributed by atoms with E-state index in [2.05, 4.69) is 0 Å². The average Bonchev–Trinajstić information content (AvgIpc) is 3.36. The van der Waals surface area contributed by atoms with Crippen molar-refractivity contribution < 1.29 is 39.0 Å². The molecule has 218 valence electrons. The summed E-state index contributed by atoms with van der Waals surface area (Å²) in [5.41, 5.74) is 5.11. The molecule has 0 bridgehead atoms.